The fourth-order valence-electron chi connectivity index (χ4n) is 2.69. The van der Waals surface area contributed by atoms with Crippen molar-refractivity contribution in [3.63, 3.8) is 0 Å². The van der Waals surface area contributed by atoms with Crippen molar-refractivity contribution in [2.24, 2.45) is 0 Å². The maximum atomic E-state index is 12.2. The van der Waals surface area contributed by atoms with E-state index in [9.17, 15) is 4.79 Å². The van der Waals surface area contributed by atoms with Gasteiger partial charge >= 0.3 is 0 Å². The molecule has 0 fully saturated rings. The summed E-state index contributed by atoms with van der Waals surface area (Å²) in [6.07, 6.45) is 0.252. The molecule has 1 amide bonds. The molecule has 0 bridgehead atoms. The lowest BCUT2D eigenvalue weighted by molar-refractivity contribution is -0.127. The number of hydrogen-bond acceptors (Lipinski definition) is 4. The lowest BCUT2D eigenvalue weighted by Gasteiger charge is -2.15. The molecule has 1 atom stereocenters. The van der Waals surface area contributed by atoms with Crippen LogP contribution in [0.25, 0.3) is 11.3 Å². The number of hydrogen-bond donors (Lipinski definition) is 1. The standard InChI is InChI=1S/C22H24N2O2S/c1-15-4-10-20(11-5-15)26-16(2)22(25)23-13-12-18-6-8-19(9-7-18)21-14-27-17(3)24-21/h4-11,14,16H,12-13H2,1-3H3,(H,23,25)/t16-/m0/s1. The van der Waals surface area contributed by atoms with Gasteiger partial charge in [-0.3, -0.25) is 4.79 Å². The summed E-state index contributed by atoms with van der Waals surface area (Å²) in [4.78, 5) is 16.7. The molecule has 1 heterocycles. The summed E-state index contributed by atoms with van der Waals surface area (Å²) in [5.74, 6) is 0.598. The van der Waals surface area contributed by atoms with Crippen molar-refractivity contribution in [3.8, 4) is 17.0 Å². The first-order chi connectivity index (χ1) is 13.0. The summed E-state index contributed by atoms with van der Waals surface area (Å²) in [7, 11) is 0. The molecule has 0 radical (unpaired) electrons. The van der Waals surface area contributed by atoms with Crippen molar-refractivity contribution in [1.29, 1.82) is 0 Å². The van der Waals surface area contributed by atoms with E-state index in [1.54, 1.807) is 18.3 Å². The fourth-order valence-corrected chi connectivity index (χ4v) is 3.31. The summed E-state index contributed by atoms with van der Waals surface area (Å²) in [6.45, 7) is 6.37. The Balaban J connectivity index is 1.46. The van der Waals surface area contributed by atoms with E-state index < -0.39 is 6.10 Å². The quantitative estimate of drug-likeness (QED) is 0.654. The van der Waals surface area contributed by atoms with Gasteiger partial charge in [0.2, 0.25) is 0 Å². The Hall–Kier alpha value is -2.66. The molecule has 3 aromatic rings. The van der Waals surface area contributed by atoms with Crippen LogP contribution in [0.4, 0.5) is 0 Å². The number of nitrogens with one attached hydrogen (secondary N) is 1. The molecular weight excluding hydrogens is 356 g/mol. The molecule has 2 aromatic carbocycles. The number of thiazole rings is 1. The number of ether oxygens (including phenoxy) is 1. The zero-order valence-electron chi connectivity index (χ0n) is 15.9. The molecule has 5 heteroatoms. The number of rotatable bonds is 7. The van der Waals surface area contributed by atoms with Crippen LogP contribution in [-0.2, 0) is 11.2 Å². The van der Waals surface area contributed by atoms with Crippen LogP contribution >= 0.6 is 11.3 Å². The summed E-state index contributed by atoms with van der Waals surface area (Å²) in [5, 5.41) is 6.08. The van der Waals surface area contributed by atoms with Crippen LogP contribution < -0.4 is 10.1 Å². The first-order valence-corrected chi connectivity index (χ1v) is 9.92. The summed E-state index contributed by atoms with van der Waals surface area (Å²) in [6, 6.07) is 16.0. The highest BCUT2D eigenvalue weighted by Crippen LogP contribution is 2.21. The Morgan fingerprint density at radius 2 is 1.81 bits per heavy atom. The summed E-state index contributed by atoms with van der Waals surface area (Å²) in [5.41, 5.74) is 4.47. The second kappa shape index (κ2) is 8.82. The molecule has 0 saturated heterocycles. The molecule has 1 aromatic heterocycles. The van der Waals surface area contributed by atoms with Gasteiger partial charge < -0.3 is 10.1 Å². The minimum Gasteiger partial charge on any atom is -0.481 e. The molecular formula is C22H24N2O2S. The van der Waals surface area contributed by atoms with E-state index in [4.69, 9.17) is 4.74 Å². The van der Waals surface area contributed by atoms with E-state index >= 15 is 0 Å². The highest BCUT2D eigenvalue weighted by atomic mass is 32.1. The predicted molar refractivity (Wildman–Crippen MR) is 110 cm³/mol. The van der Waals surface area contributed by atoms with Crippen molar-refractivity contribution in [3.05, 3.63) is 70.0 Å². The third-order valence-corrected chi connectivity index (χ3v) is 5.06. The van der Waals surface area contributed by atoms with Gasteiger partial charge in [-0.2, -0.15) is 0 Å². The maximum Gasteiger partial charge on any atom is 0.260 e. The topological polar surface area (TPSA) is 51.2 Å². The zero-order chi connectivity index (χ0) is 19.2. The first kappa shape index (κ1) is 19.1. The smallest absolute Gasteiger partial charge is 0.260 e. The Morgan fingerprint density at radius 3 is 2.44 bits per heavy atom. The Kier molecular flexibility index (Phi) is 6.24. The second-order valence-corrected chi connectivity index (χ2v) is 7.63. The average molecular weight is 381 g/mol. The van der Waals surface area contributed by atoms with E-state index in [1.807, 2.05) is 38.1 Å². The molecule has 1 N–H and O–H groups in total. The highest BCUT2D eigenvalue weighted by Gasteiger charge is 2.14. The molecule has 0 spiro atoms. The largest absolute Gasteiger partial charge is 0.481 e. The van der Waals surface area contributed by atoms with Crippen LogP contribution in [0.5, 0.6) is 5.75 Å². The number of carbonyl (C=O) groups excluding carboxylic acids is 1. The number of carbonyl (C=O) groups is 1. The molecule has 0 saturated carbocycles. The predicted octanol–water partition coefficient (Wildman–Crippen LogP) is 4.55. The molecule has 0 aliphatic heterocycles. The van der Waals surface area contributed by atoms with Gasteiger partial charge in [0.05, 0.1) is 10.7 Å². The van der Waals surface area contributed by atoms with E-state index in [-0.39, 0.29) is 5.91 Å². The third kappa shape index (κ3) is 5.41. The van der Waals surface area contributed by atoms with E-state index in [2.05, 4.69) is 39.9 Å². The van der Waals surface area contributed by atoms with Crippen LogP contribution in [-0.4, -0.2) is 23.5 Å². The van der Waals surface area contributed by atoms with Gasteiger partial charge in [-0.15, -0.1) is 11.3 Å². The number of aromatic nitrogens is 1. The van der Waals surface area contributed by atoms with Gasteiger partial charge in [0, 0.05) is 17.5 Å². The van der Waals surface area contributed by atoms with Crippen LogP contribution in [0.1, 0.15) is 23.1 Å². The maximum absolute atomic E-state index is 12.2. The lowest BCUT2D eigenvalue weighted by atomic mass is 10.1. The third-order valence-electron chi connectivity index (χ3n) is 4.28. The van der Waals surface area contributed by atoms with E-state index in [0.717, 1.165) is 28.2 Å². The fraction of sp³-hybridized carbons (Fsp3) is 0.273. The summed E-state index contributed by atoms with van der Waals surface area (Å²) >= 11 is 1.65. The Labute approximate surface area is 164 Å². The molecule has 0 unspecified atom stereocenters. The van der Waals surface area contributed by atoms with E-state index in [0.29, 0.717) is 12.3 Å². The van der Waals surface area contributed by atoms with Gasteiger partial charge in [-0.1, -0.05) is 42.0 Å². The Bertz CT molecular complexity index is 885. The first-order valence-electron chi connectivity index (χ1n) is 9.04. The molecule has 4 nitrogen and oxygen atoms in total. The molecule has 140 valence electrons. The number of benzene rings is 2. The molecule has 3 rings (SSSR count). The SMILES string of the molecule is Cc1ccc(O[C@@H](C)C(=O)NCCc2ccc(-c3csc(C)n3)cc2)cc1. The van der Waals surface area contributed by atoms with Crippen molar-refractivity contribution in [1.82, 2.24) is 10.3 Å². The minimum absolute atomic E-state index is 0.106. The molecule has 0 aliphatic rings. The van der Waals surface area contributed by atoms with Gasteiger partial charge in [0.1, 0.15) is 5.75 Å². The van der Waals surface area contributed by atoms with Gasteiger partial charge in [0.25, 0.3) is 5.91 Å². The number of amides is 1. The van der Waals surface area contributed by atoms with Crippen molar-refractivity contribution in [2.45, 2.75) is 33.3 Å². The van der Waals surface area contributed by atoms with Gasteiger partial charge in [-0.25, -0.2) is 4.98 Å². The van der Waals surface area contributed by atoms with Crippen LogP contribution in [0.3, 0.4) is 0 Å². The van der Waals surface area contributed by atoms with Gasteiger partial charge in [0.15, 0.2) is 6.10 Å². The molecule has 0 aliphatic carbocycles. The van der Waals surface area contributed by atoms with Crippen LogP contribution in [0.15, 0.2) is 53.9 Å². The average Bonchev–Trinajstić information content (AvgIpc) is 3.10. The Morgan fingerprint density at radius 1 is 1.11 bits per heavy atom. The van der Waals surface area contributed by atoms with E-state index in [1.165, 1.54) is 5.56 Å². The number of nitrogens with zero attached hydrogens (tertiary/aromatic N) is 1. The van der Waals surface area contributed by atoms with Crippen LogP contribution in [0.2, 0.25) is 0 Å². The van der Waals surface area contributed by atoms with Crippen molar-refractivity contribution >= 4 is 17.2 Å². The van der Waals surface area contributed by atoms with Crippen molar-refractivity contribution < 1.29 is 9.53 Å². The minimum atomic E-state index is -0.525. The van der Waals surface area contributed by atoms with Crippen molar-refractivity contribution in [2.75, 3.05) is 6.54 Å². The lowest BCUT2D eigenvalue weighted by Crippen LogP contribution is -2.37. The monoisotopic (exact) mass is 380 g/mol. The number of aryl methyl sites for hydroxylation is 2. The normalized spacial score (nSPS) is 11.8. The molecule has 27 heavy (non-hydrogen) atoms. The van der Waals surface area contributed by atoms with Crippen LogP contribution in [0, 0.1) is 13.8 Å². The zero-order valence-corrected chi connectivity index (χ0v) is 16.7. The van der Waals surface area contributed by atoms with Gasteiger partial charge in [-0.05, 0) is 44.9 Å². The summed E-state index contributed by atoms with van der Waals surface area (Å²) < 4.78 is 5.68. The second-order valence-electron chi connectivity index (χ2n) is 6.56. The highest BCUT2D eigenvalue weighted by molar-refractivity contribution is 7.09.